The molecule has 102 valence electrons. The van der Waals surface area contributed by atoms with Crippen molar-refractivity contribution >= 4 is 20.0 Å². The van der Waals surface area contributed by atoms with Gasteiger partial charge in [-0.15, -0.1) is 0 Å². The van der Waals surface area contributed by atoms with Gasteiger partial charge in [0.1, 0.15) is 5.25 Å². The zero-order valence-corrected chi connectivity index (χ0v) is 11.9. The molecule has 0 amide bonds. The lowest BCUT2D eigenvalue weighted by Crippen LogP contribution is -2.25. The molecule has 0 spiro atoms. The maximum atomic E-state index is 11.7. The van der Waals surface area contributed by atoms with E-state index in [0.29, 0.717) is 12.3 Å². The topological polar surface area (TPSA) is 77.5 Å². The summed E-state index contributed by atoms with van der Waals surface area (Å²) in [5.41, 5.74) is 0. The summed E-state index contributed by atoms with van der Waals surface area (Å²) in [7, 11) is -6.89. The van der Waals surface area contributed by atoms with E-state index in [9.17, 15) is 16.8 Å². The van der Waals surface area contributed by atoms with Crippen LogP contribution in [0, 0.1) is 5.92 Å². The summed E-state index contributed by atoms with van der Waals surface area (Å²) in [5, 5.41) is -0.869. The molecule has 1 aliphatic heterocycles. The molecule has 17 heavy (non-hydrogen) atoms. The van der Waals surface area contributed by atoms with Crippen LogP contribution in [-0.4, -0.2) is 40.2 Å². The molecule has 0 aromatic carbocycles. The molecule has 0 aliphatic carbocycles. The Kier molecular flexibility index (Phi) is 4.97. The summed E-state index contributed by atoms with van der Waals surface area (Å²) < 4.78 is 50.6. The Balaban J connectivity index is 2.42. The van der Waals surface area contributed by atoms with Crippen LogP contribution >= 0.6 is 0 Å². The molecular formula is C10H20O5S2. The molecule has 0 N–H and O–H groups in total. The van der Waals surface area contributed by atoms with Crippen molar-refractivity contribution in [2.24, 2.45) is 5.92 Å². The minimum absolute atomic E-state index is 0.0494. The SMILES string of the molecule is CC(C)CCCOS(=O)(=O)[C@@H]1CCS(=O)(=O)C1. The zero-order chi connectivity index (χ0) is 13.1. The van der Waals surface area contributed by atoms with Gasteiger partial charge < -0.3 is 0 Å². The fraction of sp³-hybridized carbons (Fsp3) is 1.00. The van der Waals surface area contributed by atoms with Crippen molar-refractivity contribution in [2.75, 3.05) is 18.1 Å². The summed E-state index contributed by atoms with van der Waals surface area (Å²) in [6.45, 7) is 4.26. The zero-order valence-electron chi connectivity index (χ0n) is 10.3. The van der Waals surface area contributed by atoms with E-state index in [1.54, 1.807) is 0 Å². The fourth-order valence-electron chi connectivity index (χ4n) is 1.75. The molecule has 1 rings (SSSR count). The van der Waals surface area contributed by atoms with Gasteiger partial charge in [0.2, 0.25) is 0 Å². The number of hydrogen-bond donors (Lipinski definition) is 0. The molecule has 7 heteroatoms. The van der Waals surface area contributed by atoms with Gasteiger partial charge >= 0.3 is 0 Å². The summed E-state index contributed by atoms with van der Waals surface area (Å²) in [5.74, 6) is 0.166. The third kappa shape index (κ3) is 4.93. The van der Waals surface area contributed by atoms with Crippen LogP contribution in [0.2, 0.25) is 0 Å². The first-order valence-electron chi connectivity index (χ1n) is 5.81. The smallest absolute Gasteiger partial charge is 0.270 e. The second kappa shape index (κ2) is 5.67. The lowest BCUT2D eigenvalue weighted by Gasteiger charge is -2.10. The van der Waals surface area contributed by atoms with Crippen LogP contribution in [0.15, 0.2) is 0 Å². The monoisotopic (exact) mass is 284 g/mol. The van der Waals surface area contributed by atoms with Gasteiger partial charge in [0.15, 0.2) is 9.84 Å². The van der Waals surface area contributed by atoms with Crippen molar-refractivity contribution in [3.05, 3.63) is 0 Å². The van der Waals surface area contributed by atoms with Crippen LogP contribution in [0.4, 0.5) is 0 Å². The molecule has 0 radical (unpaired) electrons. The summed E-state index contributed by atoms with van der Waals surface area (Å²) in [6, 6.07) is 0. The van der Waals surface area contributed by atoms with Crippen LogP contribution in [0.3, 0.4) is 0 Å². The van der Waals surface area contributed by atoms with E-state index in [2.05, 4.69) is 13.8 Å². The largest absolute Gasteiger partial charge is 0.271 e. The minimum Gasteiger partial charge on any atom is -0.270 e. The van der Waals surface area contributed by atoms with E-state index in [0.717, 1.165) is 6.42 Å². The van der Waals surface area contributed by atoms with Crippen molar-refractivity contribution in [3.63, 3.8) is 0 Å². The van der Waals surface area contributed by atoms with E-state index in [1.807, 2.05) is 0 Å². The van der Waals surface area contributed by atoms with Crippen LogP contribution < -0.4 is 0 Å². The normalized spacial score (nSPS) is 24.3. The van der Waals surface area contributed by atoms with E-state index in [1.165, 1.54) is 0 Å². The molecule has 1 atom stereocenters. The fourth-order valence-corrected chi connectivity index (χ4v) is 5.68. The minimum atomic E-state index is -3.71. The van der Waals surface area contributed by atoms with Gasteiger partial charge in [-0.2, -0.15) is 8.42 Å². The highest BCUT2D eigenvalue weighted by atomic mass is 32.2. The molecule has 0 unspecified atom stereocenters. The molecule has 1 fully saturated rings. The Morgan fingerprint density at radius 3 is 2.47 bits per heavy atom. The van der Waals surface area contributed by atoms with Gasteiger partial charge in [0, 0.05) is 0 Å². The molecular weight excluding hydrogens is 264 g/mol. The first-order valence-corrected chi connectivity index (χ1v) is 9.11. The molecule has 1 heterocycles. The van der Waals surface area contributed by atoms with Gasteiger partial charge in [-0.05, 0) is 25.2 Å². The number of rotatable bonds is 6. The van der Waals surface area contributed by atoms with E-state index in [4.69, 9.17) is 4.18 Å². The van der Waals surface area contributed by atoms with Gasteiger partial charge in [-0.1, -0.05) is 13.8 Å². The van der Waals surface area contributed by atoms with E-state index in [-0.39, 0.29) is 24.5 Å². The Morgan fingerprint density at radius 2 is 2.00 bits per heavy atom. The van der Waals surface area contributed by atoms with E-state index < -0.39 is 25.2 Å². The molecule has 1 saturated heterocycles. The molecule has 0 aromatic rings. The Labute approximate surface area is 104 Å². The second-order valence-corrected chi connectivity index (χ2v) is 8.99. The maximum absolute atomic E-state index is 11.7. The van der Waals surface area contributed by atoms with Crippen molar-refractivity contribution in [3.8, 4) is 0 Å². The molecule has 0 saturated carbocycles. The molecule has 0 bridgehead atoms. The molecule has 5 nitrogen and oxygen atoms in total. The average molecular weight is 284 g/mol. The highest BCUT2D eigenvalue weighted by molar-refractivity contribution is 7.94. The lowest BCUT2D eigenvalue weighted by atomic mass is 10.1. The third-order valence-electron chi connectivity index (χ3n) is 2.77. The Bertz CT molecular complexity index is 435. The van der Waals surface area contributed by atoms with Crippen LogP contribution in [0.5, 0.6) is 0 Å². The standard InChI is InChI=1S/C10H20O5S2/c1-9(2)4-3-6-15-17(13,14)10-5-7-16(11,12)8-10/h9-10H,3-8H2,1-2H3/t10-/m1/s1. The highest BCUT2D eigenvalue weighted by Crippen LogP contribution is 2.20. The lowest BCUT2D eigenvalue weighted by molar-refractivity contribution is 0.295. The predicted octanol–water partition coefficient (Wildman–Crippen LogP) is 0.956. The Hall–Kier alpha value is -0.140. The first-order chi connectivity index (χ1) is 7.73. The van der Waals surface area contributed by atoms with Gasteiger partial charge in [-0.25, -0.2) is 8.42 Å². The molecule has 0 aromatic heterocycles. The van der Waals surface area contributed by atoms with Crippen molar-refractivity contribution in [1.82, 2.24) is 0 Å². The van der Waals surface area contributed by atoms with Gasteiger partial charge in [-0.3, -0.25) is 4.18 Å². The van der Waals surface area contributed by atoms with Crippen LogP contribution in [0.25, 0.3) is 0 Å². The number of sulfone groups is 1. The van der Waals surface area contributed by atoms with Crippen LogP contribution in [0.1, 0.15) is 33.1 Å². The predicted molar refractivity (Wildman–Crippen MR) is 66.0 cm³/mol. The summed E-state index contributed by atoms with van der Waals surface area (Å²) >= 11 is 0. The van der Waals surface area contributed by atoms with Crippen molar-refractivity contribution in [1.29, 1.82) is 0 Å². The number of hydrogen-bond acceptors (Lipinski definition) is 5. The second-order valence-electron chi connectivity index (χ2n) is 4.88. The maximum Gasteiger partial charge on any atom is 0.271 e. The van der Waals surface area contributed by atoms with Crippen molar-refractivity contribution in [2.45, 2.75) is 38.4 Å². The summed E-state index contributed by atoms with van der Waals surface area (Å²) in [6.07, 6.45) is 1.74. The first kappa shape index (κ1) is 14.9. The average Bonchev–Trinajstić information content (AvgIpc) is 2.54. The quantitative estimate of drug-likeness (QED) is 0.536. The van der Waals surface area contributed by atoms with Gasteiger partial charge in [0.25, 0.3) is 10.1 Å². The van der Waals surface area contributed by atoms with Gasteiger partial charge in [0.05, 0.1) is 18.1 Å². The van der Waals surface area contributed by atoms with E-state index >= 15 is 0 Å². The van der Waals surface area contributed by atoms with Crippen LogP contribution in [-0.2, 0) is 24.1 Å². The molecule has 1 aliphatic rings. The highest BCUT2D eigenvalue weighted by Gasteiger charge is 2.37. The van der Waals surface area contributed by atoms with Crippen molar-refractivity contribution < 1.29 is 21.0 Å². The Morgan fingerprint density at radius 1 is 1.35 bits per heavy atom. The summed E-state index contributed by atoms with van der Waals surface area (Å²) in [4.78, 5) is 0. The third-order valence-corrected chi connectivity index (χ3v) is 6.47.